The van der Waals surface area contributed by atoms with Crippen LogP contribution in [0.1, 0.15) is 36.8 Å². The third-order valence-electron chi connectivity index (χ3n) is 3.94. The summed E-state index contributed by atoms with van der Waals surface area (Å²) in [7, 11) is 0. The molecule has 7 heteroatoms. The summed E-state index contributed by atoms with van der Waals surface area (Å²) in [5.41, 5.74) is 6.19. The highest BCUT2D eigenvalue weighted by molar-refractivity contribution is 5.85. The third-order valence-corrected chi connectivity index (χ3v) is 3.94. The van der Waals surface area contributed by atoms with Gasteiger partial charge in [0.2, 0.25) is 0 Å². The molecule has 1 heterocycles. The van der Waals surface area contributed by atoms with Gasteiger partial charge in [-0.15, -0.1) is 24.8 Å². The Morgan fingerprint density at radius 2 is 1.65 bits per heavy atom. The summed E-state index contributed by atoms with van der Waals surface area (Å²) in [6.45, 7) is 2.86. The van der Waals surface area contributed by atoms with Gasteiger partial charge in [0.1, 0.15) is 0 Å². The van der Waals surface area contributed by atoms with Crippen molar-refractivity contribution in [1.29, 1.82) is 0 Å². The van der Waals surface area contributed by atoms with E-state index in [9.17, 15) is 13.2 Å². The van der Waals surface area contributed by atoms with E-state index in [0.717, 1.165) is 25.7 Å². The van der Waals surface area contributed by atoms with Gasteiger partial charge in [0.25, 0.3) is 0 Å². The minimum absolute atomic E-state index is 0. The molecule has 0 aliphatic carbocycles. The first-order valence-corrected chi connectivity index (χ1v) is 7.59. The molecule has 0 saturated carbocycles. The highest BCUT2D eigenvalue weighted by atomic mass is 35.5. The molecule has 0 amide bonds. The van der Waals surface area contributed by atoms with Gasteiger partial charge < -0.3 is 10.6 Å². The quantitative estimate of drug-likeness (QED) is 0.853. The molecule has 0 radical (unpaired) electrons. The van der Waals surface area contributed by atoms with Crippen LogP contribution in [0.4, 0.5) is 13.2 Å². The summed E-state index contributed by atoms with van der Waals surface area (Å²) in [6.07, 6.45) is 1.11. The van der Waals surface area contributed by atoms with Gasteiger partial charge in [0.15, 0.2) is 0 Å². The van der Waals surface area contributed by atoms with Gasteiger partial charge in [0.05, 0.1) is 5.56 Å². The van der Waals surface area contributed by atoms with Gasteiger partial charge in [-0.3, -0.25) is 0 Å². The lowest BCUT2D eigenvalue weighted by molar-refractivity contribution is -0.137. The Kier molecular flexibility index (Phi) is 10.2. The lowest BCUT2D eigenvalue weighted by Gasteiger charge is -2.24. The van der Waals surface area contributed by atoms with Crippen LogP contribution < -0.4 is 5.73 Å². The number of likely N-dealkylation sites (tertiary alicyclic amines) is 1. The summed E-state index contributed by atoms with van der Waals surface area (Å²) in [4.78, 5) is 2.34. The first-order chi connectivity index (χ1) is 9.95. The zero-order valence-electron chi connectivity index (χ0n) is 13.0. The van der Waals surface area contributed by atoms with E-state index in [0.29, 0.717) is 12.0 Å². The minimum atomic E-state index is -4.29. The molecule has 0 spiro atoms. The summed E-state index contributed by atoms with van der Waals surface area (Å²) in [6, 6.07) is 5.37. The van der Waals surface area contributed by atoms with E-state index in [1.807, 2.05) is 0 Å². The molecule has 1 unspecified atom stereocenters. The Balaban J connectivity index is 0.00000242. The van der Waals surface area contributed by atoms with Crippen molar-refractivity contribution < 1.29 is 13.2 Å². The van der Waals surface area contributed by atoms with Crippen molar-refractivity contribution in [3.63, 3.8) is 0 Å². The van der Waals surface area contributed by atoms with E-state index < -0.39 is 11.7 Å². The van der Waals surface area contributed by atoms with E-state index in [-0.39, 0.29) is 30.9 Å². The highest BCUT2D eigenvalue weighted by Crippen LogP contribution is 2.29. The number of alkyl halides is 3. The zero-order valence-corrected chi connectivity index (χ0v) is 14.7. The fourth-order valence-corrected chi connectivity index (χ4v) is 2.89. The number of nitrogens with two attached hydrogens (primary N) is 1. The lowest BCUT2D eigenvalue weighted by Crippen LogP contribution is -2.39. The highest BCUT2D eigenvalue weighted by Gasteiger charge is 2.30. The molecule has 1 atom stereocenters. The first kappa shape index (κ1) is 22.5. The number of nitrogens with zero attached hydrogens (tertiary/aromatic N) is 1. The van der Waals surface area contributed by atoms with Crippen LogP contribution in [0.5, 0.6) is 0 Å². The molecule has 0 aromatic heterocycles. The number of halogens is 5. The molecule has 1 fully saturated rings. The Morgan fingerprint density at radius 1 is 1.04 bits per heavy atom. The number of hydrogen-bond donors (Lipinski definition) is 1. The fraction of sp³-hybridized carbons (Fsp3) is 0.625. The van der Waals surface area contributed by atoms with Gasteiger partial charge in [-0.1, -0.05) is 31.0 Å². The standard InChI is InChI=1S/C16H23F3N2.2ClH/c17-16(18,19)14-7-5-6-13(10-14)11-15(20)12-21-8-3-1-2-4-9-21;;/h5-7,10,15H,1-4,8-9,11-12,20H2;2*1H. The van der Waals surface area contributed by atoms with Gasteiger partial charge in [-0.2, -0.15) is 13.2 Å². The van der Waals surface area contributed by atoms with Crippen LogP contribution in [0.2, 0.25) is 0 Å². The first-order valence-electron chi connectivity index (χ1n) is 7.59. The van der Waals surface area contributed by atoms with Crippen LogP contribution in [-0.2, 0) is 12.6 Å². The van der Waals surface area contributed by atoms with Crippen molar-refractivity contribution in [2.45, 2.75) is 44.3 Å². The fourth-order valence-electron chi connectivity index (χ4n) is 2.89. The van der Waals surface area contributed by atoms with E-state index in [4.69, 9.17) is 5.73 Å². The van der Waals surface area contributed by atoms with Crippen molar-refractivity contribution in [2.75, 3.05) is 19.6 Å². The SMILES string of the molecule is Cl.Cl.NC(Cc1cccc(C(F)(F)F)c1)CN1CCCCCC1. The predicted octanol–water partition coefficient (Wildman–Crippen LogP) is 4.29. The van der Waals surface area contributed by atoms with Crippen LogP contribution >= 0.6 is 24.8 Å². The van der Waals surface area contributed by atoms with Crippen LogP contribution in [0.25, 0.3) is 0 Å². The van der Waals surface area contributed by atoms with Gasteiger partial charge >= 0.3 is 6.18 Å². The van der Waals surface area contributed by atoms with E-state index in [1.54, 1.807) is 6.07 Å². The number of hydrogen-bond acceptors (Lipinski definition) is 2. The van der Waals surface area contributed by atoms with Crippen molar-refractivity contribution in [3.8, 4) is 0 Å². The molecule has 1 aliphatic heterocycles. The maximum atomic E-state index is 12.7. The summed E-state index contributed by atoms with van der Waals surface area (Å²) in [5, 5.41) is 0. The van der Waals surface area contributed by atoms with Crippen LogP contribution in [0, 0.1) is 0 Å². The number of rotatable bonds is 4. The summed E-state index contributed by atoms with van der Waals surface area (Å²) in [5.74, 6) is 0. The second-order valence-electron chi connectivity index (χ2n) is 5.88. The molecule has 1 aromatic rings. The Hall–Kier alpha value is -0.490. The van der Waals surface area contributed by atoms with Crippen molar-refractivity contribution in [2.24, 2.45) is 5.73 Å². The van der Waals surface area contributed by atoms with E-state index >= 15 is 0 Å². The lowest BCUT2D eigenvalue weighted by atomic mass is 10.0. The monoisotopic (exact) mass is 372 g/mol. The maximum Gasteiger partial charge on any atom is 0.416 e. The van der Waals surface area contributed by atoms with Crippen LogP contribution in [-0.4, -0.2) is 30.6 Å². The van der Waals surface area contributed by atoms with Crippen molar-refractivity contribution in [3.05, 3.63) is 35.4 Å². The normalized spacial score (nSPS) is 17.6. The van der Waals surface area contributed by atoms with Crippen LogP contribution in [0.3, 0.4) is 0 Å². The Bertz CT molecular complexity index is 447. The summed E-state index contributed by atoms with van der Waals surface area (Å²) < 4.78 is 38.1. The van der Waals surface area contributed by atoms with Crippen molar-refractivity contribution >= 4 is 24.8 Å². The summed E-state index contributed by atoms with van der Waals surface area (Å²) >= 11 is 0. The topological polar surface area (TPSA) is 29.3 Å². The molecular weight excluding hydrogens is 348 g/mol. The molecule has 2 N–H and O–H groups in total. The molecule has 2 rings (SSSR count). The average molecular weight is 373 g/mol. The minimum Gasteiger partial charge on any atom is -0.326 e. The third kappa shape index (κ3) is 7.75. The molecule has 23 heavy (non-hydrogen) atoms. The van der Waals surface area contributed by atoms with E-state index in [1.165, 1.54) is 37.8 Å². The average Bonchev–Trinajstić information content (AvgIpc) is 2.66. The predicted molar refractivity (Wildman–Crippen MR) is 92.5 cm³/mol. The van der Waals surface area contributed by atoms with Crippen molar-refractivity contribution in [1.82, 2.24) is 4.90 Å². The van der Waals surface area contributed by atoms with Gasteiger partial charge in [0, 0.05) is 12.6 Å². The van der Waals surface area contributed by atoms with Gasteiger partial charge in [-0.05, 0) is 44.0 Å². The zero-order chi connectivity index (χ0) is 15.3. The number of benzene rings is 1. The molecule has 1 saturated heterocycles. The largest absolute Gasteiger partial charge is 0.416 e. The Morgan fingerprint density at radius 3 is 2.22 bits per heavy atom. The van der Waals surface area contributed by atoms with E-state index in [2.05, 4.69) is 4.90 Å². The molecular formula is C16H25Cl2F3N2. The molecule has 1 aliphatic rings. The maximum absolute atomic E-state index is 12.7. The van der Waals surface area contributed by atoms with Crippen LogP contribution in [0.15, 0.2) is 24.3 Å². The molecule has 2 nitrogen and oxygen atoms in total. The Labute approximate surface area is 148 Å². The molecule has 134 valence electrons. The van der Waals surface area contributed by atoms with Gasteiger partial charge in [-0.25, -0.2) is 0 Å². The second-order valence-corrected chi connectivity index (χ2v) is 5.88. The second kappa shape index (κ2) is 10.4. The molecule has 0 bridgehead atoms. The molecule has 1 aromatic carbocycles. The smallest absolute Gasteiger partial charge is 0.326 e.